The Morgan fingerprint density at radius 2 is 1.73 bits per heavy atom. The number of ether oxygens (including phenoxy) is 3. The highest BCUT2D eigenvalue weighted by molar-refractivity contribution is 6.16. The summed E-state index contributed by atoms with van der Waals surface area (Å²) in [6.07, 6.45) is 2.06. The van der Waals surface area contributed by atoms with Crippen LogP contribution in [0, 0.1) is 10.1 Å². The average molecular weight is 452 g/mol. The van der Waals surface area contributed by atoms with Gasteiger partial charge in [0, 0.05) is 24.4 Å². The molecule has 0 radical (unpaired) electrons. The molecular formula is C24H24N2O7. The molecule has 0 N–H and O–H groups in total. The van der Waals surface area contributed by atoms with Gasteiger partial charge in [0.25, 0.3) is 11.6 Å². The monoisotopic (exact) mass is 452 g/mol. The lowest BCUT2D eigenvalue weighted by Crippen LogP contribution is -2.27. The summed E-state index contributed by atoms with van der Waals surface area (Å²) in [7, 11) is 4.36. The normalized spacial score (nSPS) is 14.6. The first-order valence-corrected chi connectivity index (χ1v) is 10.1. The van der Waals surface area contributed by atoms with Gasteiger partial charge in [-0.25, -0.2) is 4.79 Å². The van der Waals surface area contributed by atoms with E-state index in [9.17, 15) is 19.7 Å². The molecule has 0 aliphatic carbocycles. The number of hydrogen-bond donors (Lipinski definition) is 0. The molecule has 1 aliphatic rings. The first kappa shape index (κ1) is 23.5. The molecule has 9 nitrogen and oxygen atoms in total. The Balaban J connectivity index is 1.89. The molecule has 2 aromatic carbocycles. The van der Waals surface area contributed by atoms with Crippen LogP contribution < -0.4 is 9.47 Å². The number of methoxy groups -OCH3 is 3. The van der Waals surface area contributed by atoms with Gasteiger partial charge >= 0.3 is 5.97 Å². The number of benzene rings is 2. The Morgan fingerprint density at radius 1 is 1.06 bits per heavy atom. The van der Waals surface area contributed by atoms with Crippen molar-refractivity contribution in [1.82, 2.24) is 4.90 Å². The molecule has 0 saturated carbocycles. The van der Waals surface area contributed by atoms with Crippen LogP contribution in [-0.4, -0.2) is 49.6 Å². The van der Waals surface area contributed by atoms with Crippen LogP contribution in [0.3, 0.4) is 0 Å². The molecule has 0 bridgehead atoms. The van der Waals surface area contributed by atoms with Gasteiger partial charge in [-0.3, -0.25) is 14.9 Å². The van der Waals surface area contributed by atoms with Gasteiger partial charge in [0.15, 0.2) is 11.5 Å². The molecule has 3 rings (SSSR count). The third-order valence-corrected chi connectivity index (χ3v) is 5.39. The van der Waals surface area contributed by atoms with Crippen molar-refractivity contribution in [2.45, 2.75) is 13.3 Å². The minimum atomic E-state index is -0.623. The van der Waals surface area contributed by atoms with E-state index >= 15 is 0 Å². The second-order valence-corrected chi connectivity index (χ2v) is 7.25. The zero-order chi connectivity index (χ0) is 24.1. The fourth-order valence-corrected chi connectivity index (χ4v) is 3.63. The van der Waals surface area contributed by atoms with Crippen LogP contribution in [0.25, 0.3) is 6.08 Å². The Hall–Kier alpha value is -4.14. The zero-order valence-corrected chi connectivity index (χ0v) is 18.8. The number of nitro groups is 1. The van der Waals surface area contributed by atoms with Crippen molar-refractivity contribution < 1.29 is 28.7 Å². The summed E-state index contributed by atoms with van der Waals surface area (Å²) in [5.41, 5.74) is 2.26. The molecular weight excluding hydrogens is 428 g/mol. The van der Waals surface area contributed by atoms with E-state index in [4.69, 9.17) is 14.2 Å². The van der Waals surface area contributed by atoms with Crippen molar-refractivity contribution in [2.24, 2.45) is 0 Å². The molecule has 0 saturated heterocycles. The number of nitro benzene ring substituents is 1. The SMILES string of the molecule is COC(=O)C1=C(C)N(CCc2ccc(OC)c(OC)c2)C(=O)C1=Cc1ccc([N+](=O)[O-])cc1. The van der Waals surface area contributed by atoms with Gasteiger partial charge in [0.2, 0.25) is 0 Å². The van der Waals surface area contributed by atoms with Gasteiger partial charge < -0.3 is 19.1 Å². The molecule has 0 unspecified atom stereocenters. The lowest BCUT2D eigenvalue weighted by Gasteiger charge is -2.18. The van der Waals surface area contributed by atoms with Gasteiger partial charge in [-0.1, -0.05) is 6.07 Å². The van der Waals surface area contributed by atoms with Crippen molar-refractivity contribution in [1.29, 1.82) is 0 Å². The maximum Gasteiger partial charge on any atom is 0.340 e. The van der Waals surface area contributed by atoms with E-state index in [1.54, 1.807) is 27.2 Å². The van der Waals surface area contributed by atoms with Crippen molar-refractivity contribution in [3.63, 3.8) is 0 Å². The Bertz CT molecular complexity index is 1150. The highest BCUT2D eigenvalue weighted by Gasteiger charge is 2.36. The third-order valence-electron chi connectivity index (χ3n) is 5.39. The maximum absolute atomic E-state index is 13.2. The van der Waals surface area contributed by atoms with Crippen LogP contribution in [-0.2, 0) is 20.7 Å². The minimum Gasteiger partial charge on any atom is -0.493 e. The highest BCUT2D eigenvalue weighted by atomic mass is 16.6. The van der Waals surface area contributed by atoms with Gasteiger partial charge in [-0.05, 0) is 54.8 Å². The van der Waals surface area contributed by atoms with Crippen LogP contribution in [0.5, 0.6) is 11.5 Å². The number of amides is 1. The summed E-state index contributed by atoms with van der Waals surface area (Å²) in [6, 6.07) is 11.2. The zero-order valence-electron chi connectivity index (χ0n) is 18.8. The van der Waals surface area contributed by atoms with Crippen LogP contribution in [0.2, 0.25) is 0 Å². The maximum atomic E-state index is 13.2. The lowest BCUT2D eigenvalue weighted by molar-refractivity contribution is -0.384. The largest absolute Gasteiger partial charge is 0.493 e. The minimum absolute atomic E-state index is 0.0636. The van der Waals surface area contributed by atoms with Gasteiger partial charge in [0.05, 0.1) is 37.4 Å². The fraction of sp³-hybridized carbons (Fsp3) is 0.250. The topological polar surface area (TPSA) is 108 Å². The summed E-state index contributed by atoms with van der Waals surface area (Å²) in [6.45, 7) is 2.02. The third kappa shape index (κ3) is 4.87. The molecule has 172 valence electrons. The smallest absolute Gasteiger partial charge is 0.340 e. The van der Waals surface area contributed by atoms with Crippen LogP contribution in [0.1, 0.15) is 18.1 Å². The van der Waals surface area contributed by atoms with E-state index in [-0.39, 0.29) is 22.7 Å². The average Bonchev–Trinajstić information content (AvgIpc) is 3.05. The van der Waals surface area contributed by atoms with Gasteiger partial charge in [-0.2, -0.15) is 0 Å². The molecule has 0 spiro atoms. The van der Waals surface area contributed by atoms with E-state index in [0.717, 1.165) is 5.56 Å². The number of carbonyl (C=O) groups excluding carboxylic acids is 2. The van der Waals surface area contributed by atoms with E-state index in [1.807, 2.05) is 12.1 Å². The number of allylic oxidation sites excluding steroid dienone is 1. The standard InChI is InChI=1S/C24H24N2O7/c1-15-22(24(28)33-4)19(13-16-5-8-18(9-6-16)26(29)30)23(27)25(15)12-11-17-7-10-20(31-2)21(14-17)32-3/h5-10,13-14H,11-12H2,1-4H3. The second kappa shape index (κ2) is 9.99. The van der Waals surface area contributed by atoms with E-state index in [1.165, 1.54) is 42.4 Å². The Kier molecular flexibility index (Phi) is 7.12. The summed E-state index contributed by atoms with van der Waals surface area (Å²) in [5, 5.41) is 10.9. The van der Waals surface area contributed by atoms with E-state index in [0.29, 0.717) is 35.7 Å². The Labute approximate surface area is 191 Å². The van der Waals surface area contributed by atoms with Crippen LogP contribution in [0.15, 0.2) is 59.3 Å². The molecule has 0 aromatic heterocycles. The molecule has 1 aliphatic heterocycles. The number of non-ortho nitro benzene ring substituents is 1. The number of hydrogen-bond acceptors (Lipinski definition) is 7. The first-order chi connectivity index (χ1) is 15.8. The molecule has 2 aromatic rings. The summed E-state index contributed by atoms with van der Waals surface area (Å²) < 4.78 is 15.5. The molecule has 9 heteroatoms. The lowest BCUT2D eigenvalue weighted by atomic mass is 10.0. The predicted octanol–water partition coefficient (Wildman–Crippen LogP) is 3.53. The van der Waals surface area contributed by atoms with Crippen molar-refractivity contribution in [2.75, 3.05) is 27.9 Å². The molecule has 0 atom stereocenters. The fourth-order valence-electron chi connectivity index (χ4n) is 3.63. The van der Waals surface area contributed by atoms with Crippen LogP contribution >= 0.6 is 0 Å². The number of nitrogens with zero attached hydrogens (tertiary/aromatic N) is 2. The first-order valence-electron chi connectivity index (χ1n) is 10.1. The molecule has 33 heavy (non-hydrogen) atoms. The Morgan fingerprint density at radius 3 is 2.30 bits per heavy atom. The molecule has 1 amide bonds. The summed E-state index contributed by atoms with van der Waals surface area (Å²) >= 11 is 0. The van der Waals surface area contributed by atoms with E-state index < -0.39 is 10.9 Å². The van der Waals surface area contributed by atoms with E-state index in [2.05, 4.69) is 0 Å². The van der Waals surface area contributed by atoms with Crippen LogP contribution in [0.4, 0.5) is 5.69 Å². The van der Waals surface area contributed by atoms with Crippen molar-refractivity contribution in [3.05, 3.63) is 80.5 Å². The number of carbonyl (C=O) groups is 2. The van der Waals surface area contributed by atoms with Crippen molar-refractivity contribution in [3.8, 4) is 11.5 Å². The summed E-state index contributed by atoms with van der Waals surface area (Å²) in [4.78, 5) is 37.6. The van der Waals surface area contributed by atoms with Gasteiger partial charge in [-0.15, -0.1) is 0 Å². The highest BCUT2D eigenvalue weighted by Crippen LogP contribution is 2.33. The predicted molar refractivity (Wildman–Crippen MR) is 121 cm³/mol. The second-order valence-electron chi connectivity index (χ2n) is 7.25. The number of rotatable bonds is 8. The number of esters is 1. The molecule has 1 heterocycles. The van der Waals surface area contributed by atoms with Crippen molar-refractivity contribution >= 4 is 23.6 Å². The summed E-state index contributed by atoms with van der Waals surface area (Å²) in [5.74, 6) is 0.231. The molecule has 0 fully saturated rings. The van der Waals surface area contributed by atoms with Gasteiger partial charge in [0.1, 0.15) is 0 Å². The quantitative estimate of drug-likeness (QED) is 0.261.